The van der Waals surface area contributed by atoms with Crippen LogP contribution in [0.2, 0.25) is 0 Å². The van der Waals surface area contributed by atoms with Gasteiger partial charge < -0.3 is 20.7 Å². The topological polar surface area (TPSA) is 111 Å². The quantitative estimate of drug-likeness (QED) is 0.652. The van der Waals surface area contributed by atoms with Crippen molar-refractivity contribution in [1.29, 1.82) is 0 Å². The molecule has 0 aromatic carbocycles. The van der Waals surface area contributed by atoms with Gasteiger partial charge in [-0.1, -0.05) is 0 Å². The van der Waals surface area contributed by atoms with Crippen molar-refractivity contribution in [3.05, 3.63) is 22.5 Å². The van der Waals surface area contributed by atoms with Crippen LogP contribution in [0.3, 0.4) is 0 Å². The Balaban J connectivity index is 2.45. The number of rotatable bonds is 3. The number of alkyl halides is 2. The predicted molar refractivity (Wildman–Crippen MR) is 59.7 cm³/mol. The Bertz CT molecular complexity index is 563. The lowest BCUT2D eigenvalue weighted by molar-refractivity contribution is -0.138. The second kappa shape index (κ2) is 5.04. The van der Waals surface area contributed by atoms with Crippen molar-refractivity contribution in [3.63, 3.8) is 0 Å². The maximum Gasteiger partial charge on any atom is 0.351 e. The standard InChI is InChI=1S/C10H12F3N3O4/c11-2-10(3-17)6(18)5(13)8(20-10)16-1-4(12)7(14)15-9(16)19/h1,5-6,8,17-18H,2-3H2,(H2,14,15,19)/t5-,6-,8+,10+/m0/s1. The Morgan fingerprint density at radius 2 is 2.25 bits per heavy atom. The molecule has 0 spiro atoms. The van der Waals surface area contributed by atoms with Crippen LogP contribution in [0.1, 0.15) is 6.23 Å². The molecule has 4 atom stereocenters. The molecular weight excluding hydrogens is 283 g/mol. The average molecular weight is 295 g/mol. The highest BCUT2D eigenvalue weighted by Crippen LogP contribution is 2.38. The molecule has 1 aromatic rings. The molecule has 20 heavy (non-hydrogen) atoms. The summed E-state index contributed by atoms with van der Waals surface area (Å²) in [4.78, 5) is 14.6. The normalized spacial score (nSPS) is 33.5. The summed E-state index contributed by atoms with van der Waals surface area (Å²) in [6.07, 6.45) is -5.54. The van der Waals surface area contributed by atoms with E-state index < -0.39 is 54.7 Å². The number of halogens is 3. The first kappa shape index (κ1) is 14.8. The average Bonchev–Trinajstić information content (AvgIpc) is 2.68. The van der Waals surface area contributed by atoms with E-state index in [1.807, 2.05) is 0 Å². The molecular formula is C10H12F3N3O4. The van der Waals surface area contributed by atoms with Crippen LogP contribution in [-0.2, 0) is 4.74 Å². The van der Waals surface area contributed by atoms with Gasteiger partial charge in [-0.3, -0.25) is 4.57 Å². The van der Waals surface area contributed by atoms with Gasteiger partial charge in [-0.2, -0.15) is 4.98 Å². The third kappa shape index (κ3) is 2.05. The molecule has 0 radical (unpaired) electrons. The largest absolute Gasteiger partial charge is 0.393 e. The molecule has 112 valence electrons. The Labute approximate surface area is 110 Å². The molecule has 4 N–H and O–H groups in total. The first-order valence-corrected chi connectivity index (χ1v) is 5.57. The summed E-state index contributed by atoms with van der Waals surface area (Å²) in [5.74, 6) is -1.78. The molecule has 10 heteroatoms. The van der Waals surface area contributed by atoms with Crippen molar-refractivity contribution in [1.82, 2.24) is 9.55 Å². The van der Waals surface area contributed by atoms with Crippen LogP contribution < -0.4 is 11.4 Å². The highest BCUT2D eigenvalue weighted by molar-refractivity contribution is 5.26. The molecule has 0 amide bonds. The van der Waals surface area contributed by atoms with Crippen LogP contribution in [0.15, 0.2) is 11.0 Å². The Kier molecular flexibility index (Phi) is 3.71. The zero-order chi connectivity index (χ0) is 15.1. The fraction of sp³-hybridized carbons (Fsp3) is 0.600. The SMILES string of the molecule is Nc1nc(=O)n([C@@H]2O[C@@](CO)(CF)[C@@H](O)[C@@H]2F)cc1F. The van der Waals surface area contributed by atoms with E-state index in [0.29, 0.717) is 10.8 Å². The van der Waals surface area contributed by atoms with Crippen LogP contribution in [-0.4, -0.2) is 50.9 Å². The molecule has 1 fully saturated rings. The molecule has 0 unspecified atom stereocenters. The summed E-state index contributed by atoms with van der Waals surface area (Å²) in [7, 11) is 0. The Hall–Kier alpha value is -1.65. The molecule has 1 aromatic heterocycles. The van der Waals surface area contributed by atoms with E-state index in [2.05, 4.69) is 4.98 Å². The van der Waals surface area contributed by atoms with Gasteiger partial charge in [0.15, 0.2) is 29.6 Å². The molecule has 1 saturated heterocycles. The summed E-state index contributed by atoms with van der Waals surface area (Å²) < 4.78 is 45.4. The number of ether oxygens (including phenoxy) is 1. The van der Waals surface area contributed by atoms with E-state index in [4.69, 9.17) is 15.6 Å². The van der Waals surface area contributed by atoms with Crippen molar-refractivity contribution in [2.75, 3.05) is 19.0 Å². The van der Waals surface area contributed by atoms with Crippen LogP contribution in [0, 0.1) is 5.82 Å². The van der Waals surface area contributed by atoms with E-state index in [-0.39, 0.29) is 0 Å². The summed E-state index contributed by atoms with van der Waals surface area (Å²) in [5.41, 5.74) is 1.74. The summed E-state index contributed by atoms with van der Waals surface area (Å²) >= 11 is 0. The maximum absolute atomic E-state index is 14.0. The highest BCUT2D eigenvalue weighted by atomic mass is 19.1. The fourth-order valence-electron chi connectivity index (χ4n) is 1.96. The smallest absolute Gasteiger partial charge is 0.351 e. The molecule has 7 nitrogen and oxygen atoms in total. The van der Waals surface area contributed by atoms with E-state index in [1.54, 1.807) is 0 Å². The molecule has 0 saturated carbocycles. The van der Waals surface area contributed by atoms with Gasteiger partial charge in [0.25, 0.3) is 0 Å². The van der Waals surface area contributed by atoms with Crippen molar-refractivity contribution in [2.45, 2.75) is 24.1 Å². The Morgan fingerprint density at radius 1 is 1.60 bits per heavy atom. The third-order valence-electron chi connectivity index (χ3n) is 3.17. The van der Waals surface area contributed by atoms with Crippen molar-refractivity contribution in [3.8, 4) is 0 Å². The summed E-state index contributed by atoms with van der Waals surface area (Å²) in [6, 6.07) is 0. The number of anilines is 1. The van der Waals surface area contributed by atoms with Crippen LogP contribution in [0.25, 0.3) is 0 Å². The number of aromatic nitrogens is 2. The number of nitrogens with two attached hydrogens (primary N) is 1. The van der Waals surface area contributed by atoms with E-state index in [9.17, 15) is 23.1 Å². The zero-order valence-electron chi connectivity index (χ0n) is 10.0. The van der Waals surface area contributed by atoms with E-state index in [1.165, 1.54) is 0 Å². The number of nitrogen functional groups attached to an aromatic ring is 1. The first-order chi connectivity index (χ1) is 9.36. The molecule has 2 rings (SSSR count). The fourth-order valence-corrected chi connectivity index (χ4v) is 1.96. The lowest BCUT2D eigenvalue weighted by Gasteiger charge is -2.26. The summed E-state index contributed by atoms with van der Waals surface area (Å²) in [5, 5.41) is 18.6. The number of aliphatic hydroxyl groups is 2. The number of aliphatic hydroxyl groups excluding tert-OH is 2. The van der Waals surface area contributed by atoms with Gasteiger partial charge >= 0.3 is 5.69 Å². The van der Waals surface area contributed by atoms with Gasteiger partial charge in [0.2, 0.25) is 0 Å². The second-order valence-electron chi connectivity index (χ2n) is 4.42. The van der Waals surface area contributed by atoms with Gasteiger partial charge in [-0.25, -0.2) is 18.0 Å². The predicted octanol–water partition coefficient (Wildman–Crippen LogP) is -1.11. The van der Waals surface area contributed by atoms with Crippen LogP contribution in [0.4, 0.5) is 19.0 Å². The van der Waals surface area contributed by atoms with Crippen molar-refractivity contribution < 1.29 is 28.1 Å². The molecule has 0 aliphatic carbocycles. The molecule has 1 aliphatic heterocycles. The third-order valence-corrected chi connectivity index (χ3v) is 3.17. The summed E-state index contributed by atoms with van der Waals surface area (Å²) in [6.45, 7) is -2.40. The van der Waals surface area contributed by atoms with E-state index in [0.717, 1.165) is 0 Å². The lowest BCUT2D eigenvalue weighted by atomic mass is 9.98. The number of hydrogen-bond donors (Lipinski definition) is 3. The highest BCUT2D eigenvalue weighted by Gasteiger charge is 2.56. The second-order valence-corrected chi connectivity index (χ2v) is 4.42. The minimum atomic E-state index is -2.25. The van der Waals surface area contributed by atoms with Gasteiger partial charge in [-0.15, -0.1) is 0 Å². The molecule has 2 heterocycles. The molecule has 0 bridgehead atoms. The minimum Gasteiger partial charge on any atom is -0.393 e. The van der Waals surface area contributed by atoms with Crippen LogP contribution in [0.5, 0.6) is 0 Å². The van der Waals surface area contributed by atoms with Crippen molar-refractivity contribution >= 4 is 5.82 Å². The van der Waals surface area contributed by atoms with E-state index >= 15 is 0 Å². The van der Waals surface area contributed by atoms with Gasteiger partial charge in [0.1, 0.15) is 12.8 Å². The minimum absolute atomic E-state index is 0.409. The monoisotopic (exact) mass is 295 g/mol. The zero-order valence-corrected chi connectivity index (χ0v) is 10.0. The Morgan fingerprint density at radius 3 is 2.75 bits per heavy atom. The number of hydrogen-bond acceptors (Lipinski definition) is 6. The molecule has 1 aliphatic rings. The first-order valence-electron chi connectivity index (χ1n) is 5.57. The van der Waals surface area contributed by atoms with Gasteiger partial charge in [-0.05, 0) is 0 Å². The van der Waals surface area contributed by atoms with Gasteiger partial charge in [0, 0.05) is 0 Å². The maximum atomic E-state index is 14.0. The lowest BCUT2D eigenvalue weighted by Crippen LogP contribution is -2.47. The van der Waals surface area contributed by atoms with Crippen LogP contribution >= 0.6 is 0 Å². The van der Waals surface area contributed by atoms with Crippen molar-refractivity contribution in [2.24, 2.45) is 0 Å². The number of nitrogens with zero attached hydrogens (tertiary/aromatic N) is 2. The van der Waals surface area contributed by atoms with Gasteiger partial charge in [0.05, 0.1) is 12.8 Å².